The summed E-state index contributed by atoms with van der Waals surface area (Å²) in [6.07, 6.45) is -1.35. The average Bonchev–Trinajstić information content (AvgIpc) is 3.60. The van der Waals surface area contributed by atoms with Crippen LogP contribution in [0, 0.1) is 12.7 Å². The molecule has 6 rings (SSSR count). The van der Waals surface area contributed by atoms with Crippen molar-refractivity contribution in [2.45, 2.75) is 39.3 Å². The summed E-state index contributed by atoms with van der Waals surface area (Å²) in [7, 11) is 0. The second-order valence-electron chi connectivity index (χ2n) is 9.17. The molecule has 2 aromatic carbocycles. The first-order chi connectivity index (χ1) is 17.4. The van der Waals surface area contributed by atoms with E-state index in [1.165, 1.54) is 10.5 Å². The van der Waals surface area contributed by atoms with Crippen molar-refractivity contribution in [1.29, 1.82) is 0 Å². The molecule has 0 unspecified atom stereocenters. The topological polar surface area (TPSA) is 86.5 Å². The number of carbonyl (C=O) groups excluding carboxylic acids is 1. The summed E-state index contributed by atoms with van der Waals surface area (Å²) < 4.78 is 43.2. The molecule has 3 aromatic rings. The standard InChI is InChI=1S/C19H22FN3O6.C7H8/c1-10-8-22(9-11(2)28-10)15-12(18-25-5-6-26-18)7-13-16(14(15)20)29-21-17(13)23-3-4-27-19(23)24;1-7-5-3-2-4-6-7/h7,10-11,18H,3-6,8-9H2,1-2H3;2-6H,1H3/t10-,11+;. The number of aryl methyl sites for hydroxylation is 1. The molecule has 1 amide bonds. The molecule has 10 heteroatoms. The Balaban J connectivity index is 0.000000330. The molecule has 0 aliphatic carbocycles. The number of amides is 1. The Hall–Kier alpha value is -3.21. The minimum atomic E-state index is -0.703. The Kier molecular flexibility index (Phi) is 7.08. The number of carbonyl (C=O) groups is 1. The summed E-state index contributed by atoms with van der Waals surface area (Å²) in [5, 5.41) is 4.34. The third kappa shape index (κ3) is 4.88. The normalized spacial score (nSPS) is 22.6. The lowest BCUT2D eigenvalue weighted by atomic mass is 10.1. The molecule has 0 bridgehead atoms. The lowest BCUT2D eigenvalue weighted by Gasteiger charge is -2.38. The molecular formula is C26H30FN3O6. The predicted molar refractivity (Wildman–Crippen MR) is 131 cm³/mol. The highest BCUT2D eigenvalue weighted by Crippen LogP contribution is 2.42. The van der Waals surface area contributed by atoms with Crippen LogP contribution in [0.2, 0.25) is 0 Å². The number of morpholine rings is 1. The van der Waals surface area contributed by atoms with Crippen LogP contribution in [0.5, 0.6) is 0 Å². The summed E-state index contributed by atoms with van der Waals surface area (Å²) in [6.45, 7) is 8.45. The van der Waals surface area contributed by atoms with E-state index in [0.717, 1.165) is 0 Å². The van der Waals surface area contributed by atoms with E-state index in [2.05, 4.69) is 24.2 Å². The molecule has 192 valence electrons. The maximum Gasteiger partial charge on any atom is 0.415 e. The van der Waals surface area contributed by atoms with Crippen molar-refractivity contribution in [2.75, 3.05) is 49.3 Å². The van der Waals surface area contributed by atoms with Crippen molar-refractivity contribution >= 4 is 28.6 Å². The molecular weight excluding hydrogens is 469 g/mol. The summed E-state index contributed by atoms with van der Waals surface area (Å²) in [6, 6.07) is 12.0. The van der Waals surface area contributed by atoms with Gasteiger partial charge in [-0.25, -0.2) is 9.18 Å². The summed E-state index contributed by atoms with van der Waals surface area (Å²) >= 11 is 0. The smallest absolute Gasteiger partial charge is 0.415 e. The van der Waals surface area contributed by atoms with Gasteiger partial charge < -0.3 is 28.4 Å². The van der Waals surface area contributed by atoms with Crippen molar-refractivity contribution in [3.05, 3.63) is 53.3 Å². The maximum atomic E-state index is 15.8. The van der Waals surface area contributed by atoms with Crippen LogP contribution >= 0.6 is 0 Å². The van der Waals surface area contributed by atoms with Gasteiger partial charge in [-0.3, -0.25) is 4.90 Å². The fraction of sp³-hybridized carbons (Fsp3) is 0.462. The highest BCUT2D eigenvalue weighted by molar-refractivity contribution is 6.00. The summed E-state index contributed by atoms with van der Waals surface area (Å²) in [4.78, 5) is 15.3. The van der Waals surface area contributed by atoms with Crippen molar-refractivity contribution in [3.63, 3.8) is 0 Å². The van der Waals surface area contributed by atoms with Crippen LogP contribution in [0.25, 0.3) is 11.0 Å². The summed E-state index contributed by atoms with van der Waals surface area (Å²) in [5.74, 6) is -0.319. The Morgan fingerprint density at radius 1 is 1.03 bits per heavy atom. The number of rotatable bonds is 3. The first kappa shape index (κ1) is 24.5. The van der Waals surface area contributed by atoms with Gasteiger partial charge in [0.2, 0.25) is 5.58 Å². The lowest BCUT2D eigenvalue weighted by molar-refractivity contribution is -0.0445. The number of nitrogens with zero attached hydrogens (tertiary/aromatic N) is 3. The Morgan fingerprint density at radius 2 is 1.72 bits per heavy atom. The average molecular weight is 500 g/mol. The number of cyclic esters (lactones) is 1. The molecule has 36 heavy (non-hydrogen) atoms. The molecule has 0 N–H and O–H groups in total. The molecule has 0 radical (unpaired) electrons. The van der Waals surface area contributed by atoms with Crippen molar-refractivity contribution in [1.82, 2.24) is 5.16 Å². The van der Waals surface area contributed by atoms with Crippen molar-refractivity contribution in [2.24, 2.45) is 0 Å². The van der Waals surface area contributed by atoms with Crippen LogP contribution in [0.4, 0.5) is 20.7 Å². The summed E-state index contributed by atoms with van der Waals surface area (Å²) in [5.41, 5.74) is 2.22. The van der Waals surface area contributed by atoms with E-state index < -0.39 is 18.2 Å². The number of ether oxygens (including phenoxy) is 4. The molecule has 3 aliphatic heterocycles. The van der Waals surface area contributed by atoms with E-state index in [0.29, 0.717) is 49.5 Å². The molecule has 9 nitrogen and oxygen atoms in total. The zero-order chi connectivity index (χ0) is 25.2. The fourth-order valence-electron chi connectivity index (χ4n) is 4.75. The maximum absolute atomic E-state index is 15.8. The van der Waals surface area contributed by atoms with E-state index in [4.69, 9.17) is 23.5 Å². The van der Waals surface area contributed by atoms with Gasteiger partial charge in [0.25, 0.3) is 0 Å². The zero-order valence-electron chi connectivity index (χ0n) is 20.6. The monoisotopic (exact) mass is 499 g/mol. The van der Waals surface area contributed by atoms with Gasteiger partial charge in [-0.1, -0.05) is 41.1 Å². The molecule has 4 heterocycles. The Morgan fingerprint density at radius 3 is 2.31 bits per heavy atom. The number of benzene rings is 2. The molecule has 1 aromatic heterocycles. The van der Waals surface area contributed by atoms with E-state index in [1.54, 1.807) is 6.07 Å². The quantitative estimate of drug-likeness (QED) is 0.518. The SMILES string of the molecule is C[C@@H]1CN(c2c(C3OCCO3)cc3c(N4CCOC4=O)noc3c2F)C[C@H](C)O1.Cc1ccccc1. The molecule has 0 saturated carbocycles. The molecule has 3 fully saturated rings. The highest BCUT2D eigenvalue weighted by atomic mass is 19.1. The van der Waals surface area contributed by atoms with Gasteiger partial charge in [0, 0.05) is 18.7 Å². The van der Waals surface area contributed by atoms with Gasteiger partial charge in [-0.05, 0) is 26.8 Å². The van der Waals surface area contributed by atoms with E-state index in [-0.39, 0.29) is 30.2 Å². The van der Waals surface area contributed by atoms with E-state index in [1.807, 2.05) is 36.9 Å². The zero-order valence-corrected chi connectivity index (χ0v) is 20.6. The van der Waals surface area contributed by atoms with Crippen LogP contribution in [0.15, 0.2) is 40.9 Å². The van der Waals surface area contributed by atoms with E-state index in [9.17, 15) is 4.79 Å². The van der Waals surface area contributed by atoms with Crippen LogP contribution in [0.1, 0.15) is 31.3 Å². The Bertz CT molecular complexity index is 1200. The third-order valence-corrected chi connectivity index (χ3v) is 6.26. The second kappa shape index (κ2) is 10.4. The van der Waals surface area contributed by atoms with E-state index >= 15 is 4.39 Å². The second-order valence-corrected chi connectivity index (χ2v) is 9.17. The minimum absolute atomic E-state index is 0.0109. The van der Waals surface area contributed by atoms with Gasteiger partial charge >= 0.3 is 6.09 Å². The van der Waals surface area contributed by atoms with Gasteiger partial charge in [0.1, 0.15) is 6.61 Å². The fourth-order valence-corrected chi connectivity index (χ4v) is 4.75. The van der Waals surface area contributed by atoms with Gasteiger partial charge in [0.15, 0.2) is 17.9 Å². The first-order valence-corrected chi connectivity index (χ1v) is 12.1. The molecule has 3 aliphatic rings. The van der Waals surface area contributed by atoms with Gasteiger partial charge in [0.05, 0.1) is 43.0 Å². The van der Waals surface area contributed by atoms with Crippen LogP contribution in [-0.2, 0) is 18.9 Å². The van der Waals surface area contributed by atoms with Crippen LogP contribution < -0.4 is 9.80 Å². The number of fused-ring (bicyclic) bond motifs is 1. The number of anilines is 2. The Labute approximate surface area is 208 Å². The predicted octanol–water partition coefficient (Wildman–Crippen LogP) is 4.58. The number of hydrogen-bond donors (Lipinski definition) is 0. The lowest BCUT2D eigenvalue weighted by Crippen LogP contribution is -2.46. The molecule has 2 atom stereocenters. The van der Waals surface area contributed by atoms with Gasteiger partial charge in [-0.2, -0.15) is 0 Å². The van der Waals surface area contributed by atoms with Crippen LogP contribution in [0.3, 0.4) is 0 Å². The molecule has 0 spiro atoms. The largest absolute Gasteiger partial charge is 0.447 e. The number of hydrogen-bond acceptors (Lipinski definition) is 8. The minimum Gasteiger partial charge on any atom is -0.447 e. The first-order valence-electron chi connectivity index (χ1n) is 12.1. The number of aromatic nitrogens is 1. The highest BCUT2D eigenvalue weighted by Gasteiger charge is 2.35. The van der Waals surface area contributed by atoms with Crippen molar-refractivity contribution < 1.29 is 32.7 Å². The third-order valence-electron chi connectivity index (χ3n) is 6.26. The van der Waals surface area contributed by atoms with Crippen LogP contribution in [-0.4, -0.2) is 62.9 Å². The van der Waals surface area contributed by atoms with Crippen molar-refractivity contribution in [3.8, 4) is 0 Å². The molecule has 3 saturated heterocycles. The van der Waals surface area contributed by atoms with Gasteiger partial charge in [-0.15, -0.1) is 0 Å². The number of halogens is 1.